The smallest absolute Gasteiger partial charge is 0.223 e. The van der Waals surface area contributed by atoms with Gasteiger partial charge in [0.25, 0.3) is 0 Å². The third kappa shape index (κ3) is 2.58. The lowest BCUT2D eigenvalue weighted by molar-refractivity contribution is -0.126. The molecule has 2 nitrogen and oxygen atoms in total. The molecule has 1 amide bonds. The van der Waals surface area contributed by atoms with Crippen LogP contribution < -0.4 is 0 Å². The second-order valence-electron chi connectivity index (χ2n) is 4.65. The SMILES string of the molecule is CC(=O)N(C)C1=CCCC(C)(C)C1. The molecule has 1 aliphatic carbocycles. The molecular formula is C11H19NO. The molecule has 13 heavy (non-hydrogen) atoms. The first kappa shape index (κ1) is 10.3. The molecule has 0 heterocycles. The van der Waals surface area contributed by atoms with Crippen molar-refractivity contribution >= 4 is 5.91 Å². The van der Waals surface area contributed by atoms with E-state index in [0.717, 1.165) is 12.8 Å². The molecule has 1 aliphatic rings. The van der Waals surface area contributed by atoms with Crippen molar-refractivity contribution in [2.75, 3.05) is 7.05 Å². The van der Waals surface area contributed by atoms with E-state index in [1.165, 1.54) is 12.1 Å². The molecule has 0 fully saturated rings. The first-order chi connectivity index (χ1) is 5.92. The molecule has 0 aromatic heterocycles. The lowest BCUT2D eigenvalue weighted by Crippen LogP contribution is -2.28. The van der Waals surface area contributed by atoms with E-state index in [1.54, 1.807) is 11.8 Å². The predicted octanol–water partition coefficient (Wildman–Crippen LogP) is 2.56. The minimum atomic E-state index is 0.129. The lowest BCUT2D eigenvalue weighted by atomic mass is 9.79. The van der Waals surface area contributed by atoms with Gasteiger partial charge in [-0.3, -0.25) is 4.79 Å². The van der Waals surface area contributed by atoms with Crippen LogP contribution in [0.5, 0.6) is 0 Å². The maximum atomic E-state index is 11.1. The van der Waals surface area contributed by atoms with E-state index in [9.17, 15) is 4.79 Å². The second-order valence-corrected chi connectivity index (χ2v) is 4.65. The monoisotopic (exact) mass is 181 g/mol. The maximum Gasteiger partial charge on any atom is 0.223 e. The number of nitrogens with zero attached hydrogens (tertiary/aromatic N) is 1. The summed E-state index contributed by atoms with van der Waals surface area (Å²) < 4.78 is 0. The van der Waals surface area contributed by atoms with Crippen LogP contribution in [0.4, 0.5) is 0 Å². The van der Waals surface area contributed by atoms with Gasteiger partial charge >= 0.3 is 0 Å². The van der Waals surface area contributed by atoms with Gasteiger partial charge in [-0.1, -0.05) is 19.9 Å². The number of carbonyl (C=O) groups excluding carboxylic acids is 1. The molecule has 2 heteroatoms. The highest BCUT2D eigenvalue weighted by molar-refractivity contribution is 5.74. The van der Waals surface area contributed by atoms with Gasteiger partial charge in [-0.15, -0.1) is 0 Å². The summed E-state index contributed by atoms with van der Waals surface area (Å²) in [4.78, 5) is 12.9. The summed E-state index contributed by atoms with van der Waals surface area (Å²) in [5.41, 5.74) is 1.54. The zero-order chi connectivity index (χ0) is 10.1. The third-order valence-electron chi connectivity index (χ3n) is 2.76. The minimum absolute atomic E-state index is 0.129. The van der Waals surface area contributed by atoms with Crippen molar-refractivity contribution in [1.29, 1.82) is 0 Å². The van der Waals surface area contributed by atoms with Crippen LogP contribution in [0.1, 0.15) is 40.0 Å². The standard InChI is InChI=1S/C11H19NO/c1-9(13)12(4)10-6-5-7-11(2,3)8-10/h6H,5,7-8H2,1-4H3. The van der Waals surface area contributed by atoms with Crippen LogP contribution in [-0.4, -0.2) is 17.9 Å². The van der Waals surface area contributed by atoms with Crippen LogP contribution in [0.3, 0.4) is 0 Å². The van der Waals surface area contributed by atoms with Crippen molar-refractivity contribution in [1.82, 2.24) is 4.90 Å². The number of hydrogen-bond acceptors (Lipinski definition) is 1. The summed E-state index contributed by atoms with van der Waals surface area (Å²) in [6, 6.07) is 0. The fraction of sp³-hybridized carbons (Fsp3) is 0.727. The van der Waals surface area contributed by atoms with Crippen molar-refractivity contribution < 1.29 is 4.79 Å². The largest absolute Gasteiger partial charge is 0.320 e. The van der Waals surface area contributed by atoms with Gasteiger partial charge in [0.15, 0.2) is 0 Å². The molecular weight excluding hydrogens is 162 g/mol. The van der Waals surface area contributed by atoms with E-state index in [1.807, 2.05) is 7.05 Å². The predicted molar refractivity (Wildman–Crippen MR) is 54.2 cm³/mol. The average Bonchev–Trinajstić information content (AvgIpc) is 2.01. The van der Waals surface area contributed by atoms with Crippen LogP contribution in [0.25, 0.3) is 0 Å². The normalized spacial score (nSPS) is 20.8. The Morgan fingerprint density at radius 2 is 2.15 bits per heavy atom. The summed E-state index contributed by atoms with van der Waals surface area (Å²) >= 11 is 0. The van der Waals surface area contributed by atoms with Gasteiger partial charge in [0.2, 0.25) is 5.91 Å². The molecule has 74 valence electrons. The van der Waals surface area contributed by atoms with E-state index in [2.05, 4.69) is 19.9 Å². The minimum Gasteiger partial charge on any atom is -0.320 e. The summed E-state index contributed by atoms with van der Waals surface area (Å²) in [5, 5.41) is 0. The molecule has 0 saturated carbocycles. The molecule has 0 aromatic rings. The van der Waals surface area contributed by atoms with Crippen LogP contribution in [0.15, 0.2) is 11.8 Å². The van der Waals surface area contributed by atoms with Crippen molar-refractivity contribution in [3.63, 3.8) is 0 Å². The number of allylic oxidation sites excluding steroid dienone is 2. The van der Waals surface area contributed by atoms with Gasteiger partial charge in [0, 0.05) is 19.7 Å². The van der Waals surface area contributed by atoms with E-state index in [4.69, 9.17) is 0 Å². The highest BCUT2D eigenvalue weighted by Gasteiger charge is 2.25. The van der Waals surface area contributed by atoms with E-state index < -0.39 is 0 Å². The molecule has 0 saturated heterocycles. The Balaban J connectivity index is 2.71. The van der Waals surface area contributed by atoms with Crippen molar-refractivity contribution in [3.05, 3.63) is 11.8 Å². The molecule has 0 bridgehead atoms. The first-order valence-corrected chi connectivity index (χ1v) is 4.86. The first-order valence-electron chi connectivity index (χ1n) is 4.86. The molecule has 1 rings (SSSR count). The topological polar surface area (TPSA) is 20.3 Å². The Labute approximate surface area is 80.6 Å². The van der Waals surface area contributed by atoms with Gasteiger partial charge in [-0.25, -0.2) is 0 Å². The Morgan fingerprint density at radius 3 is 2.62 bits per heavy atom. The van der Waals surface area contributed by atoms with Crippen molar-refractivity contribution in [3.8, 4) is 0 Å². The molecule has 0 unspecified atom stereocenters. The highest BCUT2D eigenvalue weighted by atomic mass is 16.2. The van der Waals surface area contributed by atoms with E-state index in [-0.39, 0.29) is 5.91 Å². The lowest BCUT2D eigenvalue weighted by Gasteiger charge is -2.33. The summed E-state index contributed by atoms with van der Waals surface area (Å²) in [5.74, 6) is 0.129. The van der Waals surface area contributed by atoms with Gasteiger partial charge in [-0.2, -0.15) is 0 Å². The molecule has 0 atom stereocenters. The van der Waals surface area contributed by atoms with Crippen LogP contribution >= 0.6 is 0 Å². The zero-order valence-electron chi connectivity index (χ0n) is 9.05. The van der Waals surface area contributed by atoms with Crippen LogP contribution in [0.2, 0.25) is 0 Å². The Hall–Kier alpha value is -0.790. The van der Waals surface area contributed by atoms with Gasteiger partial charge in [0.1, 0.15) is 0 Å². The Morgan fingerprint density at radius 1 is 1.54 bits per heavy atom. The number of carbonyl (C=O) groups is 1. The molecule has 0 aromatic carbocycles. The summed E-state index contributed by atoms with van der Waals surface area (Å²) in [6.07, 6.45) is 5.53. The van der Waals surface area contributed by atoms with Crippen LogP contribution in [0, 0.1) is 5.41 Å². The highest BCUT2D eigenvalue weighted by Crippen LogP contribution is 2.35. The zero-order valence-corrected chi connectivity index (χ0v) is 9.05. The van der Waals surface area contributed by atoms with E-state index in [0.29, 0.717) is 5.41 Å². The van der Waals surface area contributed by atoms with Crippen molar-refractivity contribution in [2.24, 2.45) is 5.41 Å². The van der Waals surface area contributed by atoms with Gasteiger partial charge in [-0.05, 0) is 24.7 Å². The fourth-order valence-electron chi connectivity index (χ4n) is 1.74. The summed E-state index contributed by atoms with van der Waals surface area (Å²) in [6.45, 7) is 6.13. The maximum absolute atomic E-state index is 11.1. The molecule has 0 spiro atoms. The number of hydrogen-bond donors (Lipinski definition) is 0. The second kappa shape index (κ2) is 3.52. The Kier molecular flexibility index (Phi) is 2.79. The quantitative estimate of drug-likeness (QED) is 0.609. The Bertz CT molecular complexity index is 240. The molecule has 0 N–H and O–H groups in total. The van der Waals surface area contributed by atoms with Gasteiger partial charge in [0.05, 0.1) is 0 Å². The van der Waals surface area contributed by atoms with Gasteiger partial charge < -0.3 is 4.90 Å². The fourth-order valence-corrected chi connectivity index (χ4v) is 1.74. The van der Waals surface area contributed by atoms with Crippen LogP contribution in [-0.2, 0) is 4.79 Å². The third-order valence-corrected chi connectivity index (χ3v) is 2.76. The summed E-state index contributed by atoms with van der Waals surface area (Å²) in [7, 11) is 1.86. The average molecular weight is 181 g/mol. The number of rotatable bonds is 1. The molecule has 0 aliphatic heterocycles. The molecule has 0 radical (unpaired) electrons. The number of amides is 1. The van der Waals surface area contributed by atoms with Crippen molar-refractivity contribution in [2.45, 2.75) is 40.0 Å². The van der Waals surface area contributed by atoms with E-state index >= 15 is 0 Å².